The van der Waals surface area contributed by atoms with Gasteiger partial charge in [-0.2, -0.15) is 0 Å². The zero-order valence-electron chi connectivity index (χ0n) is 16.8. The molecule has 0 aliphatic heterocycles. The molecule has 0 aliphatic rings. The predicted molar refractivity (Wildman–Crippen MR) is 116 cm³/mol. The van der Waals surface area contributed by atoms with E-state index in [1.54, 1.807) is 43.3 Å². The molecule has 0 unspecified atom stereocenters. The summed E-state index contributed by atoms with van der Waals surface area (Å²) in [6.45, 7) is 3.60. The molecule has 0 fully saturated rings. The summed E-state index contributed by atoms with van der Waals surface area (Å²) in [7, 11) is -3.41. The summed E-state index contributed by atoms with van der Waals surface area (Å²) in [4.78, 5) is 29.2. The van der Waals surface area contributed by atoms with Crippen molar-refractivity contribution in [3.63, 3.8) is 0 Å². The number of rotatable bonds is 5. The van der Waals surface area contributed by atoms with Gasteiger partial charge in [0.05, 0.1) is 4.90 Å². The Hall–Kier alpha value is -3.52. The van der Waals surface area contributed by atoms with Crippen LogP contribution in [0.5, 0.6) is 0 Å². The first-order valence-electron chi connectivity index (χ1n) is 9.10. The second-order valence-electron chi connectivity index (χ2n) is 6.90. The third-order valence-corrected chi connectivity index (χ3v) is 5.49. The minimum atomic E-state index is -3.41. The molecule has 0 spiro atoms. The Morgan fingerprint density at radius 3 is 2.27 bits per heavy atom. The molecule has 3 aromatic rings. The lowest BCUT2D eigenvalue weighted by molar-refractivity contribution is 0.101. The zero-order chi connectivity index (χ0) is 21.9. The summed E-state index contributed by atoms with van der Waals surface area (Å²) in [6, 6.07) is 16.1. The van der Waals surface area contributed by atoms with E-state index in [0.29, 0.717) is 17.1 Å². The lowest BCUT2D eigenvalue weighted by atomic mass is 10.1. The third kappa shape index (κ3) is 5.09. The van der Waals surface area contributed by atoms with Gasteiger partial charge in [0.2, 0.25) is 0 Å². The topological polar surface area (TPSA) is 105 Å². The Labute approximate surface area is 175 Å². The standard InChI is InChI=1S/C22H21N3O4S/c1-14-12-17(24-22(27)20-9-4-6-15(2)23-20)10-11-19(14)25-21(26)16-7-5-8-18(13-16)30(3,28)29/h4-13H,1-3H3,(H,24,27)(H,25,26). The number of sulfone groups is 1. The highest BCUT2D eigenvalue weighted by atomic mass is 32.2. The second-order valence-corrected chi connectivity index (χ2v) is 8.92. The highest BCUT2D eigenvalue weighted by molar-refractivity contribution is 7.90. The lowest BCUT2D eigenvalue weighted by Crippen LogP contribution is -2.15. The highest BCUT2D eigenvalue weighted by Crippen LogP contribution is 2.21. The van der Waals surface area contributed by atoms with E-state index in [2.05, 4.69) is 15.6 Å². The van der Waals surface area contributed by atoms with Crippen molar-refractivity contribution in [1.29, 1.82) is 0 Å². The summed E-state index contributed by atoms with van der Waals surface area (Å²) in [5.41, 5.74) is 3.15. The molecular formula is C22H21N3O4S. The van der Waals surface area contributed by atoms with Crippen molar-refractivity contribution in [2.24, 2.45) is 0 Å². The number of benzene rings is 2. The molecule has 2 amide bonds. The molecule has 0 bridgehead atoms. The second kappa shape index (κ2) is 8.46. The maximum Gasteiger partial charge on any atom is 0.274 e. The number of carbonyl (C=O) groups excluding carboxylic acids is 2. The summed E-state index contributed by atoms with van der Waals surface area (Å²) in [6.07, 6.45) is 1.09. The summed E-state index contributed by atoms with van der Waals surface area (Å²) in [5, 5.41) is 5.55. The Balaban J connectivity index is 1.74. The van der Waals surface area contributed by atoms with Gasteiger partial charge >= 0.3 is 0 Å². The monoisotopic (exact) mass is 423 g/mol. The van der Waals surface area contributed by atoms with Crippen molar-refractivity contribution in [2.45, 2.75) is 18.7 Å². The summed E-state index contributed by atoms with van der Waals surface area (Å²) >= 11 is 0. The maximum absolute atomic E-state index is 12.5. The predicted octanol–water partition coefficient (Wildman–Crippen LogP) is 3.61. The van der Waals surface area contributed by atoms with Crippen LogP contribution in [-0.4, -0.2) is 31.5 Å². The number of anilines is 2. The van der Waals surface area contributed by atoms with Crippen LogP contribution in [0, 0.1) is 13.8 Å². The molecule has 154 valence electrons. The van der Waals surface area contributed by atoms with E-state index in [-0.39, 0.29) is 16.4 Å². The van der Waals surface area contributed by atoms with Gasteiger partial charge < -0.3 is 10.6 Å². The normalized spacial score (nSPS) is 11.0. The molecule has 2 N–H and O–H groups in total. The van der Waals surface area contributed by atoms with Gasteiger partial charge in [-0.25, -0.2) is 13.4 Å². The molecule has 0 atom stereocenters. The number of aryl methyl sites for hydroxylation is 2. The summed E-state index contributed by atoms with van der Waals surface area (Å²) in [5.74, 6) is -0.753. The van der Waals surface area contributed by atoms with Crippen molar-refractivity contribution in [3.8, 4) is 0 Å². The van der Waals surface area contributed by atoms with Gasteiger partial charge in [0, 0.05) is 28.9 Å². The molecule has 1 heterocycles. The number of hydrogen-bond donors (Lipinski definition) is 2. The average molecular weight is 423 g/mol. The van der Waals surface area contributed by atoms with Crippen molar-refractivity contribution >= 4 is 33.0 Å². The van der Waals surface area contributed by atoms with E-state index in [0.717, 1.165) is 17.5 Å². The first-order valence-corrected chi connectivity index (χ1v) is 11.0. The Morgan fingerprint density at radius 2 is 1.60 bits per heavy atom. The van der Waals surface area contributed by atoms with E-state index < -0.39 is 15.7 Å². The Morgan fingerprint density at radius 1 is 0.867 bits per heavy atom. The van der Waals surface area contributed by atoms with Crippen LogP contribution in [-0.2, 0) is 9.84 Å². The largest absolute Gasteiger partial charge is 0.322 e. The molecule has 0 aliphatic carbocycles. The van der Waals surface area contributed by atoms with E-state index in [1.807, 2.05) is 13.0 Å². The molecule has 1 aromatic heterocycles. The zero-order valence-corrected chi connectivity index (χ0v) is 17.6. The molecule has 2 aromatic carbocycles. The minimum absolute atomic E-state index is 0.0784. The molecule has 7 nitrogen and oxygen atoms in total. The fourth-order valence-electron chi connectivity index (χ4n) is 2.81. The van der Waals surface area contributed by atoms with Crippen molar-refractivity contribution in [3.05, 3.63) is 83.2 Å². The highest BCUT2D eigenvalue weighted by Gasteiger charge is 2.13. The Kier molecular flexibility index (Phi) is 5.98. The first kappa shape index (κ1) is 21.2. The fraction of sp³-hybridized carbons (Fsp3) is 0.136. The quantitative estimate of drug-likeness (QED) is 0.652. The van der Waals surface area contributed by atoms with Gasteiger partial charge in [-0.15, -0.1) is 0 Å². The minimum Gasteiger partial charge on any atom is -0.322 e. The number of nitrogens with zero attached hydrogens (tertiary/aromatic N) is 1. The third-order valence-electron chi connectivity index (χ3n) is 4.38. The molecule has 8 heteroatoms. The Bertz CT molecular complexity index is 1240. The number of hydrogen-bond acceptors (Lipinski definition) is 5. The fourth-order valence-corrected chi connectivity index (χ4v) is 3.48. The number of aromatic nitrogens is 1. The van der Waals surface area contributed by atoms with Crippen LogP contribution >= 0.6 is 0 Å². The SMILES string of the molecule is Cc1cccc(C(=O)Nc2ccc(NC(=O)c3cccc(S(C)(=O)=O)c3)c(C)c2)n1. The smallest absolute Gasteiger partial charge is 0.274 e. The van der Waals surface area contributed by atoms with Gasteiger partial charge in [-0.1, -0.05) is 12.1 Å². The maximum atomic E-state index is 12.5. The number of amides is 2. The van der Waals surface area contributed by atoms with Gasteiger partial charge in [-0.3, -0.25) is 9.59 Å². The van der Waals surface area contributed by atoms with Crippen LogP contribution in [0.2, 0.25) is 0 Å². The molecule has 3 rings (SSSR count). The van der Waals surface area contributed by atoms with E-state index in [4.69, 9.17) is 0 Å². The molecular weight excluding hydrogens is 402 g/mol. The van der Waals surface area contributed by atoms with Crippen LogP contribution in [0.4, 0.5) is 11.4 Å². The van der Waals surface area contributed by atoms with E-state index in [9.17, 15) is 18.0 Å². The van der Waals surface area contributed by atoms with Crippen molar-refractivity contribution < 1.29 is 18.0 Å². The average Bonchev–Trinajstić information content (AvgIpc) is 2.69. The van der Waals surface area contributed by atoms with E-state index in [1.165, 1.54) is 18.2 Å². The molecule has 0 saturated carbocycles. The molecule has 0 radical (unpaired) electrons. The van der Waals surface area contributed by atoms with Crippen LogP contribution in [0.25, 0.3) is 0 Å². The van der Waals surface area contributed by atoms with Crippen LogP contribution < -0.4 is 10.6 Å². The van der Waals surface area contributed by atoms with Gasteiger partial charge in [0.15, 0.2) is 9.84 Å². The summed E-state index contributed by atoms with van der Waals surface area (Å²) < 4.78 is 23.4. The van der Waals surface area contributed by atoms with Crippen molar-refractivity contribution in [2.75, 3.05) is 16.9 Å². The first-order chi connectivity index (χ1) is 14.1. The van der Waals surface area contributed by atoms with Gasteiger partial charge in [0.25, 0.3) is 11.8 Å². The number of nitrogens with one attached hydrogen (secondary N) is 2. The molecule has 30 heavy (non-hydrogen) atoms. The van der Waals surface area contributed by atoms with Gasteiger partial charge in [-0.05, 0) is 67.9 Å². The number of pyridine rings is 1. The van der Waals surface area contributed by atoms with Crippen LogP contribution in [0.3, 0.4) is 0 Å². The lowest BCUT2D eigenvalue weighted by Gasteiger charge is -2.12. The van der Waals surface area contributed by atoms with Crippen LogP contribution in [0.1, 0.15) is 32.1 Å². The van der Waals surface area contributed by atoms with E-state index >= 15 is 0 Å². The molecule has 0 saturated heterocycles. The number of carbonyl (C=O) groups is 2. The van der Waals surface area contributed by atoms with Crippen molar-refractivity contribution in [1.82, 2.24) is 4.98 Å². The van der Waals surface area contributed by atoms with Gasteiger partial charge in [0.1, 0.15) is 5.69 Å². The van der Waals surface area contributed by atoms with Crippen LogP contribution in [0.15, 0.2) is 65.6 Å².